The van der Waals surface area contributed by atoms with Gasteiger partial charge in [0.2, 0.25) is 0 Å². The van der Waals surface area contributed by atoms with Crippen LogP contribution in [0, 0.1) is 0 Å². The van der Waals surface area contributed by atoms with Crippen molar-refractivity contribution in [2.24, 2.45) is 0 Å². The van der Waals surface area contributed by atoms with Gasteiger partial charge >= 0.3 is 5.97 Å². The molecule has 2 heterocycles. The van der Waals surface area contributed by atoms with E-state index in [9.17, 15) is 4.79 Å². The highest BCUT2D eigenvalue weighted by Gasteiger charge is 2.28. The van der Waals surface area contributed by atoms with Crippen LogP contribution in [-0.2, 0) is 24.1 Å². The number of fused-ring (bicyclic) bond motifs is 1. The molecule has 1 aliphatic heterocycles. The van der Waals surface area contributed by atoms with Gasteiger partial charge in [-0.1, -0.05) is 29.3 Å². The topological polar surface area (TPSA) is 44.8 Å². The van der Waals surface area contributed by atoms with Crippen molar-refractivity contribution in [1.29, 1.82) is 0 Å². The minimum absolute atomic E-state index is 0.251. The van der Waals surface area contributed by atoms with E-state index in [2.05, 4.69) is 15.1 Å². The Morgan fingerprint density at radius 2 is 1.84 bits per heavy atom. The summed E-state index contributed by atoms with van der Waals surface area (Å²) < 4.78 is 5.35. The molecule has 2 aliphatic rings. The molecular formula is C23H27Cl2N3O2S2. The van der Waals surface area contributed by atoms with Gasteiger partial charge in [0.15, 0.2) is 5.11 Å². The summed E-state index contributed by atoms with van der Waals surface area (Å²) in [5.74, 6) is -0.251. The first-order valence-corrected chi connectivity index (χ1v) is 13.0. The molecule has 1 fully saturated rings. The van der Waals surface area contributed by atoms with Crippen molar-refractivity contribution in [2.45, 2.75) is 39.2 Å². The van der Waals surface area contributed by atoms with Gasteiger partial charge in [-0.2, -0.15) is 0 Å². The molecule has 0 spiro atoms. The number of rotatable bonds is 5. The number of thiophene rings is 1. The van der Waals surface area contributed by atoms with Gasteiger partial charge in [0.25, 0.3) is 0 Å². The summed E-state index contributed by atoms with van der Waals surface area (Å²) in [6.45, 7) is 6.23. The number of carbonyl (C=O) groups is 1. The molecule has 1 aromatic heterocycles. The highest BCUT2D eigenvalue weighted by Crippen LogP contribution is 2.38. The molecule has 1 N–H and O–H groups in total. The Morgan fingerprint density at radius 3 is 2.53 bits per heavy atom. The minimum atomic E-state index is -0.251. The first-order valence-electron chi connectivity index (χ1n) is 11.0. The maximum atomic E-state index is 12.7. The van der Waals surface area contributed by atoms with Crippen LogP contribution in [0.1, 0.15) is 46.1 Å². The molecule has 1 aliphatic carbocycles. The SMILES string of the molecule is CCOC(=O)c1c(NC(=S)N2CCN(Cc3c(Cl)cccc3Cl)CC2)sc2c1CCCC2. The van der Waals surface area contributed by atoms with Crippen molar-refractivity contribution >= 4 is 62.8 Å². The lowest BCUT2D eigenvalue weighted by Gasteiger charge is -2.36. The zero-order valence-electron chi connectivity index (χ0n) is 18.1. The standard InChI is InChI=1S/C23H27Cl2N3O2S2/c1-2-30-22(29)20-15-6-3-4-9-19(15)32-21(20)26-23(31)28-12-10-27(11-13-28)14-16-17(24)7-5-8-18(16)25/h5,7-8H,2-4,6,9-14H2,1H3,(H,26,31). The van der Waals surface area contributed by atoms with Crippen molar-refractivity contribution < 1.29 is 9.53 Å². The summed E-state index contributed by atoms with van der Waals surface area (Å²) in [5, 5.41) is 6.25. The van der Waals surface area contributed by atoms with E-state index in [-0.39, 0.29) is 5.97 Å². The van der Waals surface area contributed by atoms with Crippen LogP contribution in [0.4, 0.5) is 5.00 Å². The second-order valence-corrected chi connectivity index (χ2v) is 10.3. The Hall–Kier alpha value is -1.38. The van der Waals surface area contributed by atoms with Crippen molar-refractivity contribution in [2.75, 3.05) is 38.1 Å². The smallest absolute Gasteiger partial charge is 0.341 e. The molecule has 0 amide bonds. The number of ether oxygens (including phenoxy) is 1. The second-order valence-electron chi connectivity index (χ2n) is 8.03. The van der Waals surface area contributed by atoms with Crippen LogP contribution in [0.3, 0.4) is 0 Å². The van der Waals surface area contributed by atoms with Crippen molar-refractivity contribution in [3.05, 3.63) is 49.8 Å². The maximum Gasteiger partial charge on any atom is 0.341 e. The first-order chi connectivity index (χ1) is 15.5. The number of nitrogens with zero attached hydrogens (tertiary/aromatic N) is 2. The highest BCUT2D eigenvalue weighted by molar-refractivity contribution is 7.80. The largest absolute Gasteiger partial charge is 0.462 e. The molecule has 1 saturated heterocycles. The fourth-order valence-electron chi connectivity index (χ4n) is 4.27. The van der Waals surface area contributed by atoms with Gasteiger partial charge in [-0.25, -0.2) is 4.79 Å². The Morgan fingerprint density at radius 1 is 1.16 bits per heavy atom. The number of hydrogen-bond donors (Lipinski definition) is 1. The zero-order chi connectivity index (χ0) is 22.7. The van der Waals surface area contributed by atoms with E-state index in [1.807, 2.05) is 25.1 Å². The number of halogens is 2. The summed E-state index contributed by atoms with van der Waals surface area (Å²) >= 11 is 20.0. The van der Waals surface area contributed by atoms with Crippen LogP contribution in [0.15, 0.2) is 18.2 Å². The summed E-state index contributed by atoms with van der Waals surface area (Å²) in [5.41, 5.74) is 2.79. The monoisotopic (exact) mass is 511 g/mol. The maximum absolute atomic E-state index is 12.7. The third kappa shape index (κ3) is 5.23. The molecule has 4 rings (SSSR count). The normalized spacial score (nSPS) is 16.5. The van der Waals surface area contributed by atoms with E-state index in [1.165, 1.54) is 4.88 Å². The summed E-state index contributed by atoms with van der Waals surface area (Å²) in [6.07, 6.45) is 4.22. The number of benzene rings is 1. The fraction of sp³-hybridized carbons (Fsp3) is 0.478. The fourth-order valence-corrected chi connectivity index (χ4v) is 6.41. The van der Waals surface area contributed by atoms with E-state index in [0.717, 1.165) is 74.5 Å². The third-order valence-electron chi connectivity index (χ3n) is 5.97. The average Bonchev–Trinajstić information content (AvgIpc) is 3.15. The molecule has 0 radical (unpaired) electrons. The van der Waals surface area contributed by atoms with Crippen LogP contribution in [0.2, 0.25) is 10.0 Å². The number of aryl methyl sites for hydroxylation is 1. The van der Waals surface area contributed by atoms with Crippen molar-refractivity contribution in [3.63, 3.8) is 0 Å². The Balaban J connectivity index is 1.40. The van der Waals surface area contributed by atoms with E-state index < -0.39 is 0 Å². The lowest BCUT2D eigenvalue weighted by molar-refractivity contribution is 0.0526. The Kier molecular flexibility index (Phi) is 7.95. The number of piperazine rings is 1. The summed E-state index contributed by atoms with van der Waals surface area (Å²) in [7, 11) is 0. The van der Waals surface area contributed by atoms with Gasteiger partial charge < -0.3 is 15.0 Å². The molecule has 172 valence electrons. The van der Waals surface area contributed by atoms with Gasteiger partial charge in [0.05, 0.1) is 12.2 Å². The number of esters is 1. The van der Waals surface area contributed by atoms with Gasteiger partial charge in [0.1, 0.15) is 5.00 Å². The predicted octanol–water partition coefficient (Wildman–Crippen LogP) is 5.63. The van der Waals surface area contributed by atoms with E-state index in [1.54, 1.807) is 11.3 Å². The van der Waals surface area contributed by atoms with Crippen LogP contribution in [0.5, 0.6) is 0 Å². The number of carbonyl (C=O) groups excluding carboxylic acids is 1. The number of nitrogens with one attached hydrogen (secondary N) is 1. The molecule has 0 unspecified atom stereocenters. The van der Waals surface area contributed by atoms with Crippen LogP contribution < -0.4 is 5.32 Å². The Labute approximate surface area is 208 Å². The molecule has 0 atom stereocenters. The summed E-state index contributed by atoms with van der Waals surface area (Å²) in [4.78, 5) is 18.5. The van der Waals surface area contributed by atoms with Crippen LogP contribution in [0.25, 0.3) is 0 Å². The van der Waals surface area contributed by atoms with Crippen molar-refractivity contribution in [1.82, 2.24) is 9.80 Å². The molecular weight excluding hydrogens is 485 g/mol. The molecule has 32 heavy (non-hydrogen) atoms. The van der Waals surface area contributed by atoms with Gasteiger partial charge in [0, 0.05) is 53.2 Å². The van der Waals surface area contributed by atoms with E-state index in [0.29, 0.717) is 27.3 Å². The lowest BCUT2D eigenvalue weighted by Crippen LogP contribution is -2.49. The first kappa shape index (κ1) is 23.8. The average molecular weight is 513 g/mol. The predicted molar refractivity (Wildman–Crippen MR) is 136 cm³/mol. The molecule has 5 nitrogen and oxygen atoms in total. The number of thiocarbonyl (C=S) groups is 1. The minimum Gasteiger partial charge on any atom is -0.462 e. The molecule has 0 saturated carbocycles. The van der Waals surface area contributed by atoms with Gasteiger partial charge in [-0.3, -0.25) is 4.90 Å². The van der Waals surface area contributed by atoms with E-state index in [4.69, 9.17) is 40.2 Å². The molecule has 2 aromatic rings. The third-order valence-corrected chi connectivity index (χ3v) is 8.25. The van der Waals surface area contributed by atoms with Gasteiger partial charge in [-0.15, -0.1) is 11.3 Å². The van der Waals surface area contributed by atoms with E-state index >= 15 is 0 Å². The summed E-state index contributed by atoms with van der Waals surface area (Å²) in [6, 6.07) is 5.61. The number of hydrogen-bond acceptors (Lipinski definition) is 5. The van der Waals surface area contributed by atoms with Gasteiger partial charge in [-0.05, 0) is 62.5 Å². The van der Waals surface area contributed by atoms with Crippen LogP contribution in [-0.4, -0.2) is 53.7 Å². The quantitative estimate of drug-likeness (QED) is 0.414. The van der Waals surface area contributed by atoms with Crippen molar-refractivity contribution in [3.8, 4) is 0 Å². The van der Waals surface area contributed by atoms with Crippen LogP contribution >= 0.6 is 46.8 Å². The molecule has 0 bridgehead atoms. The zero-order valence-corrected chi connectivity index (χ0v) is 21.2. The molecule has 1 aromatic carbocycles. The lowest BCUT2D eigenvalue weighted by atomic mass is 9.95. The molecule has 9 heteroatoms. The number of anilines is 1. The highest BCUT2D eigenvalue weighted by atomic mass is 35.5. The second kappa shape index (κ2) is 10.7. The Bertz CT molecular complexity index is 983.